The number of amides is 3. The van der Waals surface area contributed by atoms with Crippen LogP contribution in [0.15, 0.2) is 60.7 Å². The van der Waals surface area contributed by atoms with E-state index in [2.05, 4.69) is 10.6 Å². The van der Waals surface area contributed by atoms with Crippen LogP contribution in [-0.4, -0.2) is 47.3 Å². The zero-order chi connectivity index (χ0) is 27.3. The van der Waals surface area contributed by atoms with Gasteiger partial charge in [0.05, 0.1) is 0 Å². The van der Waals surface area contributed by atoms with Gasteiger partial charge in [0.1, 0.15) is 24.3 Å². The summed E-state index contributed by atoms with van der Waals surface area (Å²) in [7, 11) is 0. The Kier molecular flexibility index (Phi) is 12.0. The van der Waals surface area contributed by atoms with Gasteiger partial charge >= 0.3 is 12.1 Å². The van der Waals surface area contributed by atoms with Crippen molar-refractivity contribution in [3.8, 4) is 0 Å². The predicted octanol–water partition coefficient (Wildman–Crippen LogP) is 3.31. The van der Waals surface area contributed by atoms with Gasteiger partial charge in [-0.1, -0.05) is 60.7 Å². The van der Waals surface area contributed by atoms with Crippen molar-refractivity contribution in [3.63, 3.8) is 0 Å². The van der Waals surface area contributed by atoms with Crippen LogP contribution in [0.4, 0.5) is 4.79 Å². The molecule has 0 fully saturated rings. The van der Waals surface area contributed by atoms with Gasteiger partial charge in [0, 0.05) is 17.9 Å². The third-order valence-corrected chi connectivity index (χ3v) is 6.05. The van der Waals surface area contributed by atoms with Gasteiger partial charge in [-0.05, 0) is 38.3 Å². The minimum absolute atomic E-state index is 0.0367. The van der Waals surface area contributed by atoms with Gasteiger partial charge in [-0.15, -0.1) is 0 Å². The van der Waals surface area contributed by atoms with Gasteiger partial charge in [0.15, 0.2) is 0 Å². The Morgan fingerprint density at radius 2 is 1.49 bits per heavy atom. The number of esters is 1. The van der Waals surface area contributed by atoms with Crippen LogP contribution in [0.3, 0.4) is 0 Å². The lowest BCUT2D eigenvalue weighted by Gasteiger charge is -2.24. The highest BCUT2D eigenvalue weighted by Crippen LogP contribution is 2.14. The molecule has 4 N–H and O–H groups in total. The molecule has 0 heterocycles. The van der Waals surface area contributed by atoms with Gasteiger partial charge in [-0.2, -0.15) is 11.8 Å². The average molecular weight is 530 g/mol. The van der Waals surface area contributed by atoms with Crippen molar-refractivity contribution >= 4 is 35.6 Å². The predicted molar refractivity (Wildman–Crippen MR) is 142 cm³/mol. The number of hydrogen-bond acceptors (Lipinski definition) is 7. The van der Waals surface area contributed by atoms with E-state index in [0.29, 0.717) is 5.75 Å². The molecule has 0 bridgehead atoms. The number of hydrogen-bond donors (Lipinski definition) is 3. The summed E-state index contributed by atoms with van der Waals surface area (Å²) in [5, 5.41) is 5.13. The molecule has 0 aromatic heterocycles. The van der Waals surface area contributed by atoms with Gasteiger partial charge in [-0.25, -0.2) is 4.79 Å². The van der Waals surface area contributed by atoms with Gasteiger partial charge in [-0.3, -0.25) is 14.4 Å². The molecule has 37 heavy (non-hydrogen) atoms. The minimum Gasteiger partial charge on any atom is -0.461 e. The summed E-state index contributed by atoms with van der Waals surface area (Å²) < 4.78 is 10.5. The topological polar surface area (TPSA) is 137 Å². The first-order chi connectivity index (χ1) is 17.5. The highest BCUT2D eigenvalue weighted by Gasteiger charge is 2.28. The van der Waals surface area contributed by atoms with Crippen molar-refractivity contribution in [2.24, 2.45) is 5.73 Å². The summed E-state index contributed by atoms with van der Waals surface area (Å²) in [5.74, 6) is -1.08. The van der Waals surface area contributed by atoms with E-state index < -0.39 is 41.6 Å². The third-order valence-electron chi connectivity index (χ3n) is 4.94. The number of primary amides is 1. The summed E-state index contributed by atoms with van der Waals surface area (Å²) >= 11 is 1.44. The first kappa shape index (κ1) is 29.7. The first-order valence-electron chi connectivity index (χ1n) is 11.9. The molecule has 2 aromatic carbocycles. The Morgan fingerprint density at radius 1 is 0.892 bits per heavy atom. The Labute approximate surface area is 221 Å². The number of benzene rings is 2. The summed E-state index contributed by atoms with van der Waals surface area (Å²) in [4.78, 5) is 49.5. The molecule has 0 radical (unpaired) electrons. The maximum Gasteiger partial charge on any atom is 0.408 e. The lowest BCUT2D eigenvalue weighted by molar-refractivity contribution is -0.145. The monoisotopic (exact) mass is 529 g/mol. The first-order valence-corrected chi connectivity index (χ1v) is 13.1. The fourth-order valence-corrected chi connectivity index (χ4v) is 4.15. The molecule has 2 atom stereocenters. The maximum atomic E-state index is 13.0. The standard InChI is InChI=1S/C27H35N3O6S/c1-27(2,3)36-26(34)30-22(18-37-17-20-12-8-5-9-13-20)25(33)29-21(24(28)32)14-15-23(31)35-16-19-10-6-4-7-11-19/h4-13,21-22H,14-18H2,1-3H3,(H2,28,32)(H,29,33)(H,30,34)/t21-,22+/m1/s1. The number of carbonyl (C=O) groups is 4. The third kappa shape index (κ3) is 12.3. The van der Waals surface area contributed by atoms with E-state index in [4.69, 9.17) is 15.2 Å². The molecule has 0 saturated heterocycles. The molecule has 0 spiro atoms. The molecule has 0 saturated carbocycles. The molecule has 2 aromatic rings. The lowest BCUT2D eigenvalue weighted by Crippen LogP contribution is -2.54. The van der Waals surface area contributed by atoms with Crippen molar-refractivity contribution < 1.29 is 28.7 Å². The minimum atomic E-state index is -1.11. The average Bonchev–Trinajstić information content (AvgIpc) is 2.84. The van der Waals surface area contributed by atoms with Crippen LogP contribution in [0.1, 0.15) is 44.7 Å². The van der Waals surface area contributed by atoms with E-state index in [1.165, 1.54) is 11.8 Å². The van der Waals surface area contributed by atoms with Crippen molar-refractivity contribution in [2.45, 2.75) is 63.7 Å². The Balaban J connectivity index is 1.95. The van der Waals surface area contributed by atoms with Crippen molar-refractivity contribution in [2.75, 3.05) is 5.75 Å². The van der Waals surface area contributed by atoms with E-state index in [9.17, 15) is 19.2 Å². The molecular weight excluding hydrogens is 494 g/mol. The normalized spacial score (nSPS) is 12.6. The summed E-state index contributed by atoms with van der Waals surface area (Å²) in [6.07, 6.45) is -0.911. The molecule has 0 aliphatic rings. The number of ether oxygens (including phenoxy) is 2. The molecule has 3 amide bonds. The van der Waals surface area contributed by atoms with Gasteiger partial charge < -0.3 is 25.8 Å². The molecule has 0 aliphatic carbocycles. The van der Waals surface area contributed by atoms with Gasteiger partial charge in [0.2, 0.25) is 11.8 Å². The molecule has 0 unspecified atom stereocenters. The molecule has 2 rings (SSSR count). The summed E-state index contributed by atoms with van der Waals surface area (Å²) in [6, 6.07) is 16.8. The van der Waals surface area contributed by atoms with Crippen molar-refractivity contribution in [1.29, 1.82) is 0 Å². The Hall–Kier alpha value is -3.53. The number of thioether (sulfide) groups is 1. The summed E-state index contributed by atoms with van der Waals surface area (Å²) in [6.45, 7) is 5.25. The van der Waals surface area contributed by atoms with Crippen molar-refractivity contribution in [1.82, 2.24) is 10.6 Å². The Morgan fingerprint density at radius 3 is 2.05 bits per heavy atom. The van der Waals surface area contributed by atoms with Crippen molar-refractivity contribution in [3.05, 3.63) is 71.8 Å². The SMILES string of the molecule is CC(C)(C)OC(=O)N[C@@H](CSCc1ccccc1)C(=O)N[C@H](CCC(=O)OCc1ccccc1)C(N)=O. The molecule has 200 valence electrons. The van der Waals surface area contributed by atoms with Crippen LogP contribution in [-0.2, 0) is 36.2 Å². The molecule has 0 aliphatic heterocycles. The van der Waals surface area contributed by atoms with E-state index in [1.54, 1.807) is 20.8 Å². The van der Waals surface area contributed by atoms with Crippen LogP contribution in [0.2, 0.25) is 0 Å². The fraction of sp³-hybridized carbons (Fsp3) is 0.407. The number of nitrogens with two attached hydrogens (primary N) is 1. The van der Waals surface area contributed by atoms with Crippen LogP contribution >= 0.6 is 11.8 Å². The lowest BCUT2D eigenvalue weighted by atomic mass is 10.1. The number of rotatable bonds is 13. The highest BCUT2D eigenvalue weighted by molar-refractivity contribution is 7.98. The van der Waals surface area contributed by atoms with Crippen LogP contribution < -0.4 is 16.4 Å². The second-order valence-electron chi connectivity index (χ2n) is 9.35. The Bertz CT molecular complexity index is 1030. The van der Waals surface area contributed by atoms with E-state index in [1.807, 2.05) is 60.7 Å². The highest BCUT2D eigenvalue weighted by atomic mass is 32.2. The maximum absolute atomic E-state index is 13.0. The number of nitrogens with one attached hydrogen (secondary N) is 2. The van der Waals surface area contributed by atoms with E-state index in [-0.39, 0.29) is 25.2 Å². The second kappa shape index (κ2) is 14.9. The smallest absolute Gasteiger partial charge is 0.408 e. The van der Waals surface area contributed by atoms with E-state index in [0.717, 1.165) is 11.1 Å². The zero-order valence-corrected chi connectivity index (χ0v) is 22.2. The van der Waals surface area contributed by atoms with Crippen LogP contribution in [0.5, 0.6) is 0 Å². The fourth-order valence-electron chi connectivity index (χ4n) is 3.13. The number of carbonyl (C=O) groups excluding carboxylic acids is 4. The largest absolute Gasteiger partial charge is 0.461 e. The van der Waals surface area contributed by atoms with Crippen LogP contribution in [0.25, 0.3) is 0 Å². The van der Waals surface area contributed by atoms with E-state index >= 15 is 0 Å². The van der Waals surface area contributed by atoms with Gasteiger partial charge in [0.25, 0.3) is 0 Å². The molecule has 10 heteroatoms. The summed E-state index contributed by atoms with van der Waals surface area (Å²) in [5.41, 5.74) is 6.62. The van der Waals surface area contributed by atoms with Crippen LogP contribution in [0, 0.1) is 0 Å². The molecule has 9 nitrogen and oxygen atoms in total. The quantitative estimate of drug-likeness (QED) is 0.339. The zero-order valence-electron chi connectivity index (χ0n) is 21.4. The molecular formula is C27H35N3O6S. The number of alkyl carbamates (subject to hydrolysis) is 1. The second-order valence-corrected chi connectivity index (χ2v) is 10.4.